The van der Waals surface area contributed by atoms with Crippen LogP contribution >= 0.6 is 0 Å². The van der Waals surface area contributed by atoms with Crippen molar-refractivity contribution in [3.8, 4) is 0 Å². The number of nitrogens with zero attached hydrogens (tertiary/aromatic N) is 1. The van der Waals surface area contributed by atoms with Gasteiger partial charge in [-0.25, -0.2) is 9.59 Å². The molecule has 118 valence electrons. The second-order valence-electron chi connectivity index (χ2n) is 5.14. The van der Waals surface area contributed by atoms with Crippen LogP contribution in [-0.4, -0.2) is 53.6 Å². The minimum atomic E-state index is -0.994. The molecule has 3 amide bonds. The molecule has 0 aromatic rings. The first-order chi connectivity index (χ1) is 9.85. The summed E-state index contributed by atoms with van der Waals surface area (Å²) in [7, 11) is 1.25. The van der Waals surface area contributed by atoms with Gasteiger partial charge < -0.3 is 14.7 Å². The highest BCUT2D eigenvalue weighted by Gasteiger charge is 2.35. The topological polar surface area (TPSA) is 113 Å². The Morgan fingerprint density at radius 2 is 2.00 bits per heavy atom. The van der Waals surface area contributed by atoms with Crippen molar-refractivity contribution in [1.29, 1.82) is 0 Å². The first-order valence-corrected chi connectivity index (χ1v) is 6.75. The quantitative estimate of drug-likeness (QED) is 0.709. The van der Waals surface area contributed by atoms with Crippen molar-refractivity contribution in [3.05, 3.63) is 0 Å². The molecule has 21 heavy (non-hydrogen) atoms. The maximum Gasteiger partial charge on any atom is 0.328 e. The number of carboxylic acids is 1. The van der Waals surface area contributed by atoms with Crippen LogP contribution in [0, 0.1) is 5.92 Å². The number of methoxy groups -OCH3 is 1. The van der Waals surface area contributed by atoms with Crippen molar-refractivity contribution < 1.29 is 29.0 Å². The van der Waals surface area contributed by atoms with E-state index in [0.717, 1.165) is 0 Å². The van der Waals surface area contributed by atoms with Crippen LogP contribution in [0.15, 0.2) is 0 Å². The van der Waals surface area contributed by atoms with Crippen LogP contribution in [0.5, 0.6) is 0 Å². The number of amides is 3. The van der Waals surface area contributed by atoms with Gasteiger partial charge in [0.2, 0.25) is 5.91 Å². The molecule has 2 atom stereocenters. The summed E-state index contributed by atoms with van der Waals surface area (Å²) in [6.07, 6.45) is 0.964. The molecule has 0 spiro atoms. The minimum absolute atomic E-state index is 0.0607. The first-order valence-electron chi connectivity index (χ1n) is 6.75. The summed E-state index contributed by atoms with van der Waals surface area (Å²) in [4.78, 5) is 46.9. The summed E-state index contributed by atoms with van der Waals surface area (Å²) in [5.41, 5.74) is 0. The van der Waals surface area contributed by atoms with Crippen LogP contribution in [0.1, 0.15) is 32.6 Å². The third-order valence-corrected chi connectivity index (χ3v) is 3.29. The number of hydrogen-bond donors (Lipinski definition) is 2. The van der Waals surface area contributed by atoms with E-state index in [1.807, 2.05) is 0 Å². The number of carboxylic acid groups (broad SMARTS) is 1. The predicted octanol–water partition coefficient (Wildman–Crippen LogP) is 0.361. The van der Waals surface area contributed by atoms with Crippen LogP contribution in [0.25, 0.3) is 0 Å². The number of likely N-dealkylation sites (tertiary alicyclic amines) is 1. The van der Waals surface area contributed by atoms with Crippen molar-refractivity contribution in [2.24, 2.45) is 5.92 Å². The zero-order valence-electron chi connectivity index (χ0n) is 12.1. The molecule has 0 aromatic heterocycles. The lowest BCUT2D eigenvalue weighted by atomic mass is 10.0. The molecule has 1 aliphatic heterocycles. The highest BCUT2D eigenvalue weighted by Crippen LogP contribution is 2.18. The maximum absolute atomic E-state index is 12.0. The van der Waals surface area contributed by atoms with Crippen molar-refractivity contribution in [2.45, 2.75) is 38.6 Å². The van der Waals surface area contributed by atoms with Gasteiger partial charge >= 0.3 is 18.0 Å². The smallest absolute Gasteiger partial charge is 0.328 e. The van der Waals surface area contributed by atoms with Gasteiger partial charge in [0, 0.05) is 19.4 Å². The van der Waals surface area contributed by atoms with Crippen molar-refractivity contribution in [1.82, 2.24) is 10.2 Å². The van der Waals surface area contributed by atoms with Gasteiger partial charge in [-0.05, 0) is 18.8 Å². The Balaban J connectivity index is 2.50. The summed E-state index contributed by atoms with van der Waals surface area (Å²) in [5, 5.41) is 10.8. The largest absolute Gasteiger partial charge is 0.481 e. The fourth-order valence-electron chi connectivity index (χ4n) is 2.32. The monoisotopic (exact) mass is 300 g/mol. The number of aliphatic carboxylic acids is 1. The fraction of sp³-hybridized carbons (Fsp3) is 0.692. The summed E-state index contributed by atoms with van der Waals surface area (Å²) in [6, 6.07) is -1.31. The Morgan fingerprint density at radius 3 is 2.57 bits per heavy atom. The van der Waals surface area contributed by atoms with Gasteiger partial charge in [0.05, 0.1) is 7.11 Å². The Kier molecular flexibility index (Phi) is 6.13. The zero-order valence-corrected chi connectivity index (χ0v) is 12.1. The molecule has 0 radical (unpaired) electrons. The van der Waals surface area contributed by atoms with E-state index in [0.29, 0.717) is 19.4 Å². The van der Waals surface area contributed by atoms with E-state index in [1.54, 1.807) is 6.92 Å². The number of esters is 1. The highest BCUT2D eigenvalue weighted by atomic mass is 16.5. The lowest BCUT2D eigenvalue weighted by Gasteiger charge is -2.22. The van der Waals surface area contributed by atoms with Gasteiger partial charge in [-0.1, -0.05) is 6.92 Å². The van der Waals surface area contributed by atoms with Gasteiger partial charge in [-0.2, -0.15) is 0 Å². The van der Waals surface area contributed by atoms with E-state index in [2.05, 4.69) is 10.1 Å². The number of hydrogen-bond acceptors (Lipinski definition) is 5. The van der Waals surface area contributed by atoms with Gasteiger partial charge in [0.25, 0.3) is 0 Å². The molecule has 1 rings (SSSR count). The molecule has 8 heteroatoms. The van der Waals surface area contributed by atoms with E-state index < -0.39 is 29.9 Å². The number of carbonyl (C=O) groups is 4. The number of imide groups is 1. The summed E-state index contributed by atoms with van der Waals surface area (Å²) in [6.45, 7) is 1.99. The lowest BCUT2D eigenvalue weighted by Crippen LogP contribution is -2.48. The van der Waals surface area contributed by atoms with Crippen LogP contribution in [-0.2, 0) is 19.1 Å². The van der Waals surface area contributed by atoms with Crippen molar-refractivity contribution in [2.75, 3.05) is 13.7 Å². The third-order valence-electron chi connectivity index (χ3n) is 3.29. The summed E-state index contributed by atoms with van der Waals surface area (Å²) < 4.78 is 4.62. The molecule has 8 nitrogen and oxygen atoms in total. The third kappa shape index (κ3) is 5.05. The molecular formula is C13H20N2O6. The maximum atomic E-state index is 12.0. The second-order valence-corrected chi connectivity index (χ2v) is 5.14. The van der Waals surface area contributed by atoms with E-state index in [9.17, 15) is 19.2 Å². The lowest BCUT2D eigenvalue weighted by molar-refractivity contribution is -0.145. The van der Waals surface area contributed by atoms with Gasteiger partial charge in [-0.15, -0.1) is 0 Å². The molecule has 2 unspecified atom stereocenters. The van der Waals surface area contributed by atoms with Crippen LogP contribution in [0.2, 0.25) is 0 Å². The molecule has 1 saturated heterocycles. The van der Waals surface area contributed by atoms with E-state index in [1.165, 1.54) is 12.0 Å². The standard InChI is InChI=1S/C13H20N2O6/c1-8(7-11(17)18)6-10(16)14-13(20)15-5-3-4-9(15)12(19)21-2/h8-9H,3-7H2,1-2H3,(H,17,18)(H,14,16,20). The first kappa shape index (κ1) is 16.9. The second kappa shape index (κ2) is 7.61. The zero-order chi connectivity index (χ0) is 16.0. The average molecular weight is 300 g/mol. The van der Waals surface area contributed by atoms with Crippen LogP contribution in [0.4, 0.5) is 4.79 Å². The Morgan fingerprint density at radius 1 is 1.33 bits per heavy atom. The molecule has 1 heterocycles. The average Bonchev–Trinajstić information content (AvgIpc) is 2.85. The summed E-state index contributed by atoms with van der Waals surface area (Å²) >= 11 is 0. The molecular weight excluding hydrogens is 280 g/mol. The van der Waals surface area contributed by atoms with Crippen molar-refractivity contribution in [3.63, 3.8) is 0 Å². The van der Waals surface area contributed by atoms with Gasteiger partial charge in [-0.3, -0.25) is 14.9 Å². The molecule has 0 saturated carbocycles. The summed E-state index contributed by atoms with van der Waals surface area (Å²) in [5.74, 6) is -2.42. The van der Waals surface area contributed by atoms with Crippen LogP contribution in [0.3, 0.4) is 0 Å². The number of rotatable bonds is 5. The Labute approximate surface area is 122 Å². The number of urea groups is 1. The van der Waals surface area contributed by atoms with E-state index >= 15 is 0 Å². The van der Waals surface area contributed by atoms with Gasteiger partial charge in [0.1, 0.15) is 6.04 Å². The predicted molar refractivity (Wildman–Crippen MR) is 71.3 cm³/mol. The molecule has 0 aromatic carbocycles. The highest BCUT2D eigenvalue weighted by molar-refractivity contribution is 5.96. The molecule has 0 aliphatic carbocycles. The van der Waals surface area contributed by atoms with E-state index in [4.69, 9.17) is 5.11 Å². The molecule has 2 N–H and O–H groups in total. The SMILES string of the molecule is COC(=O)C1CCCN1C(=O)NC(=O)CC(C)CC(=O)O. The molecule has 0 bridgehead atoms. The Bertz CT molecular complexity index is 436. The number of nitrogens with one attached hydrogen (secondary N) is 1. The van der Waals surface area contributed by atoms with E-state index in [-0.39, 0.29) is 18.8 Å². The van der Waals surface area contributed by atoms with Gasteiger partial charge in [0.15, 0.2) is 0 Å². The van der Waals surface area contributed by atoms with Crippen molar-refractivity contribution >= 4 is 23.9 Å². The van der Waals surface area contributed by atoms with Crippen LogP contribution < -0.4 is 5.32 Å². The molecule has 1 fully saturated rings. The minimum Gasteiger partial charge on any atom is -0.481 e. The Hall–Kier alpha value is -2.12. The molecule has 1 aliphatic rings. The number of carbonyl (C=O) groups excluding carboxylic acids is 3. The fourth-order valence-corrected chi connectivity index (χ4v) is 2.32. The number of ether oxygens (including phenoxy) is 1. The normalized spacial score (nSPS) is 19.0.